The van der Waals surface area contributed by atoms with Crippen LogP contribution in [0, 0.1) is 0 Å². The Morgan fingerprint density at radius 1 is 1.00 bits per heavy atom. The van der Waals surface area contributed by atoms with Crippen LogP contribution in [-0.4, -0.2) is 42.4 Å². The Morgan fingerprint density at radius 3 is 2.04 bits per heavy atom. The molecule has 0 saturated carbocycles. The maximum atomic E-state index is 12.2. The number of alkyl halides is 3. The quantitative estimate of drug-likeness (QED) is 0.775. The molecule has 1 aromatic rings. The second-order valence-electron chi connectivity index (χ2n) is 7.21. The number of hydrogen-bond acceptors (Lipinski definition) is 3. The van der Waals surface area contributed by atoms with Gasteiger partial charge in [-0.25, -0.2) is 0 Å². The smallest absolute Gasteiger partial charge is 0.390 e. The van der Waals surface area contributed by atoms with Crippen LogP contribution in [0.5, 0.6) is 11.5 Å². The van der Waals surface area contributed by atoms with Crippen LogP contribution in [-0.2, 0) is 0 Å². The second kappa shape index (κ2) is 7.64. The second-order valence-corrected chi connectivity index (χ2v) is 7.21. The molecular weight excluding hydrogens is 319 g/mol. The lowest BCUT2D eigenvalue weighted by molar-refractivity contribution is -0.138. The van der Waals surface area contributed by atoms with Crippen LogP contribution in [0.15, 0.2) is 24.3 Å². The third kappa shape index (κ3) is 6.99. The summed E-state index contributed by atoms with van der Waals surface area (Å²) in [4.78, 5) is 1.85. The van der Waals surface area contributed by atoms with Gasteiger partial charge in [-0.05, 0) is 57.9 Å². The highest BCUT2D eigenvalue weighted by atomic mass is 19.4. The molecular formula is C18H26F3NO2. The minimum Gasteiger partial charge on any atom is -0.490 e. The summed E-state index contributed by atoms with van der Waals surface area (Å²) in [6.45, 7) is 7.34. The maximum Gasteiger partial charge on any atom is 0.390 e. The molecule has 6 heteroatoms. The van der Waals surface area contributed by atoms with E-state index in [4.69, 9.17) is 9.47 Å². The number of piperidine rings is 1. The molecule has 0 spiro atoms. The molecule has 1 heterocycles. The van der Waals surface area contributed by atoms with Crippen molar-refractivity contribution in [3.63, 3.8) is 0 Å². The van der Waals surface area contributed by atoms with Gasteiger partial charge in [-0.15, -0.1) is 0 Å². The van der Waals surface area contributed by atoms with Crippen LogP contribution in [0.2, 0.25) is 0 Å². The van der Waals surface area contributed by atoms with Crippen molar-refractivity contribution in [1.29, 1.82) is 0 Å². The van der Waals surface area contributed by atoms with Crippen molar-refractivity contribution >= 4 is 0 Å². The number of likely N-dealkylation sites (tertiary alicyclic amines) is 1. The van der Waals surface area contributed by atoms with Crippen molar-refractivity contribution in [1.82, 2.24) is 4.90 Å². The summed E-state index contributed by atoms with van der Waals surface area (Å²) in [5.74, 6) is 1.56. The van der Waals surface area contributed by atoms with Gasteiger partial charge in [-0.2, -0.15) is 13.2 Å². The Morgan fingerprint density at radius 2 is 1.54 bits per heavy atom. The first-order chi connectivity index (χ1) is 11.1. The molecule has 0 aliphatic carbocycles. The van der Waals surface area contributed by atoms with E-state index in [1.807, 2.05) is 49.9 Å². The SMILES string of the molecule is CC(C)(C)Oc1ccc(OC2CCN(CCC(F)(F)F)CC2)cc1. The molecule has 24 heavy (non-hydrogen) atoms. The van der Waals surface area contributed by atoms with Crippen molar-refractivity contribution in [3.05, 3.63) is 24.3 Å². The standard InChI is InChI=1S/C18H26F3NO2/c1-17(2,3)24-16-6-4-14(5-7-16)23-15-8-11-22(12-9-15)13-10-18(19,20)21/h4-7,15H,8-13H2,1-3H3. The van der Waals surface area contributed by atoms with E-state index in [0.717, 1.165) is 24.3 Å². The van der Waals surface area contributed by atoms with Crippen molar-refractivity contribution in [2.75, 3.05) is 19.6 Å². The average molecular weight is 345 g/mol. The van der Waals surface area contributed by atoms with Gasteiger partial charge in [-0.1, -0.05) is 0 Å². The van der Waals surface area contributed by atoms with Gasteiger partial charge in [-0.3, -0.25) is 0 Å². The van der Waals surface area contributed by atoms with Crippen molar-refractivity contribution in [3.8, 4) is 11.5 Å². The average Bonchev–Trinajstić information content (AvgIpc) is 2.46. The molecule has 0 aromatic heterocycles. The van der Waals surface area contributed by atoms with Crippen LogP contribution < -0.4 is 9.47 Å². The molecule has 0 radical (unpaired) electrons. The minimum absolute atomic E-state index is 0.0570. The monoisotopic (exact) mass is 345 g/mol. The topological polar surface area (TPSA) is 21.7 Å². The molecule has 0 amide bonds. The number of halogens is 3. The molecule has 1 aromatic carbocycles. The fourth-order valence-electron chi connectivity index (χ4n) is 2.67. The lowest BCUT2D eigenvalue weighted by atomic mass is 10.1. The lowest BCUT2D eigenvalue weighted by Crippen LogP contribution is -2.39. The van der Waals surface area contributed by atoms with E-state index >= 15 is 0 Å². The Labute approximate surface area is 141 Å². The van der Waals surface area contributed by atoms with E-state index in [2.05, 4.69) is 0 Å². The first-order valence-electron chi connectivity index (χ1n) is 8.36. The van der Waals surface area contributed by atoms with Crippen LogP contribution in [0.4, 0.5) is 13.2 Å². The van der Waals surface area contributed by atoms with E-state index < -0.39 is 12.6 Å². The Hall–Kier alpha value is -1.43. The van der Waals surface area contributed by atoms with Gasteiger partial charge in [0, 0.05) is 19.6 Å². The molecule has 0 unspecified atom stereocenters. The predicted octanol–water partition coefficient (Wildman–Crippen LogP) is 4.66. The largest absolute Gasteiger partial charge is 0.490 e. The lowest BCUT2D eigenvalue weighted by Gasteiger charge is -2.32. The summed E-state index contributed by atoms with van der Waals surface area (Å²) in [5, 5.41) is 0. The predicted molar refractivity (Wildman–Crippen MR) is 87.6 cm³/mol. The zero-order chi connectivity index (χ0) is 17.8. The Balaban J connectivity index is 1.75. The van der Waals surface area contributed by atoms with Crippen LogP contribution >= 0.6 is 0 Å². The zero-order valence-electron chi connectivity index (χ0n) is 14.5. The molecule has 0 atom stereocenters. The highest BCUT2D eigenvalue weighted by molar-refractivity contribution is 5.31. The fraction of sp³-hybridized carbons (Fsp3) is 0.667. The number of rotatable bonds is 5. The fourth-order valence-corrected chi connectivity index (χ4v) is 2.67. The first-order valence-corrected chi connectivity index (χ1v) is 8.36. The van der Waals surface area contributed by atoms with Gasteiger partial charge in [0.25, 0.3) is 0 Å². The molecule has 0 bridgehead atoms. The summed E-state index contributed by atoms with van der Waals surface area (Å²) < 4.78 is 48.4. The molecule has 2 rings (SSSR count). The highest BCUT2D eigenvalue weighted by Gasteiger charge is 2.29. The van der Waals surface area contributed by atoms with Crippen molar-refractivity contribution in [2.24, 2.45) is 0 Å². The van der Waals surface area contributed by atoms with Crippen molar-refractivity contribution < 1.29 is 22.6 Å². The number of hydrogen-bond donors (Lipinski definition) is 0. The number of benzene rings is 1. The Bertz CT molecular complexity index is 500. The summed E-state index contributed by atoms with van der Waals surface area (Å²) in [6, 6.07) is 7.49. The Kier molecular flexibility index (Phi) is 6.01. The molecule has 1 aliphatic rings. The molecule has 0 N–H and O–H groups in total. The van der Waals surface area contributed by atoms with Gasteiger partial charge >= 0.3 is 6.18 Å². The zero-order valence-corrected chi connectivity index (χ0v) is 14.5. The van der Waals surface area contributed by atoms with Gasteiger partial charge in [0.05, 0.1) is 6.42 Å². The van der Waals surface area contributed by atoms with Crippen molar-refractivity contribution in [2.45, 2.75) is 57.9 Å². The van der Waals surface area contributed by atoms with Crippen LogP contribution in [0.1, 0.15) is 40.0 Å². The van der Waals surface area contributed by atoms with E-state index in [1.165, 1.54) is 0 Å². The molecule has 3 nitrogen and oxygen atoms in total. The molecule has 1 fully saturated rings. The maximum absolute atomic E-state index is 12.2. The summed E-state index contributed by atoms with van der Waals surface area (Å²) in [6.07, 6.45) is -3.27. The van der Waals surface area contributed by atoms with Gasteiger partial charge in [0.15, 0.2) is 0 Å². The summed E-state index contributed by atoms with van der Waals surface area (Å²) >= 11 is 0. The molecule has 1 saturated heterocycles. The first kappa shape index (κ1) is 18.9. The minimum atomic E-state index is -4.08. The normalized spacial score (nSPS) is 17.8. The van der Waals surface area contributed by atoms with Gasteiger partial charge < -0.3 is 14.4 Å². The van der Waals surface area contributed by atoms with E-state index in [9.17, 15) is 13.2 Å². The van der Waals surface area contributed by atoms with Gasteiger partial charge in [0.2, 0.25) is 0 Å². The highest BCUT2D eigenvalue weighted by Crippen LogP contribution is 2.25. The third-order valence-electron chi connectivity index (χ3n) is 3.80. The van der Waals surface area contributed by atoms with E-state index in [0.29, 0.717) is 13.1 Å². The molecule has 1 aliphatic heterocycles. The number of ether oxygens (including phenoxy) is 2. The third-order valence-corrected chi connectivity index (χ3v) is 3.80. The molecule has 136 valence electrons. The number of nitrogens with zero attached hydrogens (tertiary/aromatic N) is 1. The summed E-state index contributed by atoms with van der Waals surface area (Å²) in [5.41, 5.74) is -0.244. The van der Waals surface area contributed by atoms with E-state index in [1.54, 1.807) is 0 Å². The van der Waals surface area contributed by atoms with Gasteiger partial charge in [0.1, 0.15) is 23.2 Å². The van der Waals surface area contributed by atoms with E-state index in [-0.39, 0.29) is 18.2 Å². The van der Waals surface area contributed by atoms with Crippen LogP contribution in [0.3, 0.4) is 0 Å². The van der Waals surface area contributed by atoms with Crippen LogP contribution in [0.25, 0.3) is 0 Å². The summed E-state index contributed by atoms with van der Waals surface area (Å²) in [7, 11) is 0.